The minimum atomic E-state index is 0.135. The Morgan fingerprint density at radius 3 is 2.12 bits per heavy atom. The van der Waals surface area contributed by atoms with Gasteiger partial charge in [-0.15, -0.1) is 0 Å². The molecule has 0 saturated heterocycles. The van der Waals surface area contributed by atoms with Gasteiger partial charge >= 0.3 is 0 Å². The van der Waals surface area contributed by atoms with Crippen LogP contribution in [0, 0.1) is 5.41 Å². The first-order valence-corrected chi connectivity index (χ1v) is 6.15. The molecule has 0 aromatic carbocycles. The van der Waals surface area contributed by atoms with Crippen LogP contribution in [-0.4, -0.2) is 36.5 Å². The second-order valence-electron chi connectivity index (χ2n) is 5.91. The standard InChI is InChI=1S/C13H28N2O/c1-10(2)14-9-8-12(16)15(7)11(3)13(4,5)6/h10-11,14H,8-9H2,1-7H3. The third kappa shape index (κ3) is 5.50. The summed E-state index contributed by atoms with van der Waals surface area (Å²) in [5, 5.41) is 3.26. The molecule has 3 heteroatoms. The predicted octanol–water partition coefficient (Wildman–Crippen LogP) is 2.27. The number of rotatable bonds is 5. The van der Waals surface area contributed by atoms with Crippen molar-refractivity contribution in [2.45, 2.75) is 60.0 Å². The molecule has 0 spiro atoms. The summed E-state index contributed by atoms with van der Waals surface area (Å²) in [6.45, 7) is 13.5. The van der Waals surface area contributed by atoms with Crippen molar-refractivity contribution in [3.05, 3.63) is 0 Å². The molecule has 0 aliphatic rings. The van der Waals surface area contributed by atoms with Crippen LogP contribution in [0.15, 0.2) is 0 Å². The smallest absolute Gasteiger partial charge is 0.223 e. The summed E-state index contributed by atoms with van der Waals surface area (Å²) in [5.74, 6) is 0.218. The molecule has 3 nitrogen and oxygen atoms in total. The maximum absolute atomic E-state index is 11.9. The van der Waals surface area contributed by atoms with E-state index in [-0.39, 0.29) is 17.4 Å². The van der Waals surface area contributed by atoms with Crippen molar-refractivity contribution in [1.29, 1.82) is 0 Å². The van der Waals surface area contributed by atoms with E-state index in [9.17, 15) is 4.79 Å². The van der Waals surface area contributed by atoms with E-state index in [1.807, 2.05) is 11.9 Å². The Morgan fingerprint density at radius 1 is 1.25 bits per heavy atom. The fraction of sp³-hybridized carbons (Fsp3) is 0.923. The monoisotopic (exact) mass is 228 g/mol. The van der Waals surface area contributed by atoms with Gasteiger partial charge < -0.3 is 10.2 Å². The zero-order valence-corrected chi connectivity index (χ0v) is 11.9. The normalized spacial score (nSPS) is 14.0. The van der Waals surface area contributed by atoms with Gasteiger partial charge in [-0.1, -0.05) is 34.6 Å². The number of nitrogens with zero attached hydrogens (tertiary/aromatic N) is 1. The molecule has 16 heavy (non-hydrogen) atoms. The van der Waals surface area contributed by atoms with E-state index in [2.05, 4.69) is 46.9 Å². The molecule has 1 atom stereocenters. The first kappa shape index (κ1) is 15.4. The molecule has 96 valence electrons. The highest BCUT2D eigenvalue weighted by atomic mass is 16.2. The van der Waals surface area contributed by atoms with Crippen LogP contribution in [0.4, 0.5) is 0 Å². The molecule has 0 fully saturated rings. The Balaban J connectivity index is 4.09. The van der Waals surface area contributed by atoms with Gasteiger partial charge in [0.1, 0.15) is 0 Å². The van der Waals surface area contributed by atoms with Gasteiger partial charge in [-0.25, -0.2) is 0 Å². The fourth-order valence-corrected chi connectivity index (χ4v) is 1.44. The lowest BCUT2D eigenvalue weighted by Crippen LogP contribution is -2.43. The summed E-state index contributed by atoms with van der Waals surface area (Å²) in [4.78, 5) is 13.8. The Kier molecular flexibility index (Phi) is 6.01. The average molecular weight is 228 g/mol. The van der Waals surface area contributed by atoms with Gasteiger partial charge in [-0.2, -0.15) is 0 Å². The van der Waals surface area contributed by atoms with Crippen LogP contribution in [0.25, 0.3) is 0 Å². The Hall–Kier alpha value is -0.570. The van der Waals surface area contributed by atoms with Gasteiger partial charge in [0, 0.05) is 32.1 Å². The number of hydrogen-bond donors (Lipinski definition) is 1. The van der Waals surface area contributed by atoms with E-state index >= 15 is 0 Å². The fourth-order valence-electron chi connectivity index (χ4n) is 1.44. The summed E-state index contributed by atoms with van der Waals surface area (Å²) < 4.78 is 0. The lowest BCUT2D eigenvalue weighted by molar-refractivity contribution is -0.133. The molecule has 0 heterocycles. The van der Waals surface area contributed by atoms with Crippen molar-refractivity contribution in [3.8, 4) is 0 Å². The summed E-state index contributed by atoms with van der Waals surface area (Å²) in [7, 11) is 1.90. The molecular weight excluding hydrogens is 200 g/mol. The summed E-state index contributed by atoms with van der Waals surface area (Å²) in [6, 6.07) is 0.706. The summed E-state index contributed by atoms with van der Waals surface area (Å²) in [5.41, 5.74) is 0.135. The van der Waals surface area contributed by atoms with Crippen molar-refractivity contribution < 1.29 is 4.79 Å². The molecular formula is C13H28N2O. The third-order valence-electron chi connectivity index (χ3n) is 3.12. The van der Waals surface area contributed by atoms with Gasteiger partial charge in [0.2, 0.25) is 5.91 Å². The Labute approximate surface area is 101 Å². The predicted molar refractivity (Wildman–Crippen MR) is 69.4 cm³/mol. The van der Waals surface area contributed by atoms with Gasteiger partial charge in [-0.3, -0.25) is 4.79 Å². The summed E-state index contributed by atoms with van der Waals surface area (Å²) >= 11 is 0. The van der Waals surface area contributed by atoms with Crippen LogP contribution >= 0.6 is 0 Å². The van der Waals surface area contributed by atoms with Gasteiger partial charge in [0.15, 0.2) is 0 Å². The largest absolute Gasteiger partial charge is 0.342 e. The van der Waals surface area contributed by atoms with Crippen molar-refractivity contribution in [1.82, 2.24) is 10.2 Å². The highest BCUT2D eigenvalue weighted by Crippen LogP contribution is 2.23. The molecule has 1 unspecified atom stereocenters. The van der Waals surface area contributed by atoms with E-state index in [0.29, 0.717) is 12.5 Å². The Morgan fingerprint density at radius 2 is 1.75 bits per heavy atom. The van der Waals surface area contributed by atoms with Crippen LogP contribution in [0.5, 0.6) is 0 Å². The van der Waals surface area contributed by atoms with Crippen molar-refractivity contribution >= 4 is 5.91 Å². The zero-order valence-electron chi connectivity index (χ0n) is 11.9. The highest BCUT2D eigenvalue weighted by molar-refractivity contribution is 5.76. The molecule has 0 aliphatic heterocycles. The first-order valence-electron chi connectivity index (χ1n) is 6.15. The topological polar surface area (TPSA) is 32.3 Å². The number of nitrogens with one attached hydrogen (secondary N) is 1. The highest BCUT2D eigenvalue weighted by Gasteiger charge is 2.26. The van der Waals surface area contributed by atoms with E-state index in [4.69, 9.17) is 0 Å². The second-order valence-corrected chi connectivity index (χ2v) is 5.91. The SMILES string of the molecule is CC(C)NCCC(=O)N(C)C(C)C(C)(C)C. The quantitative estimate of drug-likeness (QED) is 0.783. The van der Waals surface area contributed by atoms with Crippen molar-refractivity contribution in [2.75, 3.05) is 13.6 Å². The van der Waals surface area contributed by atoms with Gasteiger partial charge in [-0.05, 0) is 12.3 Å². The van der Waals surface area contributed by atoms with Crippen molar-refractivity contribution in [3.63, 3.8) is 0 Å². The number of amides is 1. The maximum atomic E-state index is 11.9. The minimum absolute atomic E-state index is 0.135. The van der Waals surface area contributed by atoms with Crippen molar-refractivity contribution in [2.24, 2.45) is 5.41 Å². The van der Waals surface area contributed by atoms with E-state index in [0.717, 1.165) is 6.54 Å². The lowest BCUT2D eigenvalue weighted by atomic mass is 9.87. The van der Waals surface area contributed by atoms with Gasteiger partial charge in [0.25, 0.3) is 0 Å². The molecule has 0 aliphatic carbocycles. The molecule has 0 saturated carbocycles. The van der Waals surface area contributed by atoms with Crippen LogP contribution in [0.1, 0.15) is 48.0 Å². The second kappa shape index (κ2) is 6.24. The third-order valence-corrected chi connectivity index (χ3v) is 3.12. The number of carbonyl (C=O) groups is 1. The average Bonchev–Trinajstić information content (AvgIpc) is 2.13. The molecule has 0 radical (unpaired) electrons. The zero-order chi connectivity index (χ0) is 12.9. The maximum Gasteiger partial charge on any atom is 0.223 e. The number of carbonyl (C=O) groups excluding carboxylic acids is 1. The molecule has 0 bridgehead atoms. The van der Waals surface area contributed by atoms with Crippen LogP contribution < -0.4 is 5.32 Å². The van der Waals surface area contributed by atoms with Gasteiger partial charge in [0.05, 0.1) is 0 Å². The molecule has 0 aromatic rings. The lowest BCUT2D eigenvalue weighted by Gasteiger charge is -2.35. The molecule has 0 rings (SSSR count). The van der Waals surface area contributed by atoms with E-state index in [1.165, 1.54) is 0 Å². The van der Waals surface area contributed by atoms with Crippen LogP contribution in [-0.2, 0) is 4.79 Å². The van der Waals surface area contributed by atoms with E-state index < -0.39 is 0 Å². The minimum Gasteiger partial charge on any atom is -0.342 e. The first-order chi connectivity index (χ1) is 7.16. The van der Waals surface area contributed by atoms with Crippen LogP contribution in [0.3, 0.4) is 0 Å². The number of hydrogen-bond acceptors (Lipinski definition) is 2. The summed E-state index contributed by atoms with van der Waals surface area (Å²) in [6.07, 6.45) is 0.578. The Bertz CT molecular complexity index is 218. The molecule has 1 N–H and O–H groups in total. The van der Waals surface area contributed by atoms with Crippen LogP contribution in [0.2, 0.25) is 0 Å². The molecule has 0 aromatic heterocycles. The van der Waals surface area contributed by atoms with E-state index in [1.54, 1.807) is 0 Å². The molecule has 1 amide bonds.